The summed E-state index contributed by atoms with van der Waals surface area (Å²) in [5.41, 5.74) is 6.35. The summed E-state index contributed by atoms with van der Waals surface area (Å²) in [6.07, 6.45) is 3.99. The van der Waals surface area contributed by atoms with Crippen LogP contribution in [-0.2, 0) is 0 Å². The molecule has 0 fully saturated rings. The van der Waals surface area contributed by atoms with E-state index in [9.17, 15) is 0 Å². The lowest BCUT2D eigenvalue weighted by Crippen LogP contribution is -2.13. The lowest BCUT2D eigenvalue weighted by molar-refractivity contribution is 0.795. The molecule has 2 aromatic carbocycles. The van der Waals surface area contributed by atoms with Crippen LogP contribution in [0.2, 0.25) is 0 Å². The van der Waals surface area contributed by atoms with Crippen LogP contribution >= 0.6 is 17.2 Å². The molecule has 160 valence electrons. The molecule has 2 atom stereocenters. The second-order valence-electron chi connectivity index (χ2n) is 9.44. The van der Waals surface area contributed by atoms with Gasteiger partial charge in [-0.15, -0.1) is 0 Å². The van der Waals surface area contributed by atoms with Gasteiger partial charge < -0.3 is 0 Å². The van der Waals surface area contributed by atoms with Gasteiger partial charge in [0.2, 0.25) is 0 Å². The van der Waals surface area contributed by atoms with Crippen molar-refractivity contribution in [2.75, 3.05) is 12.3 Å². The Bertz CT molecular complexity index is 707. The smallest absolute Gasteiger partial charge is 0.0210 e. The van der Waals surface area contributed by atoms with E-state index in [0.29, 0.717) is 23.7 Å². The quantitative estimate of drug-likeness (QED) is 0.267. The largest absolute Gasteiger partial charge is 0.0901 e. The molecule has 0 aliphatic carbocycles. The van der Waals surface area contributed by atoms with Crippen molar-refractivity contribution in [1.29, 1.82) is 0 Å². The molecule has 2 unspecified atom stereocenters. The van der Waals surface area contributed by atoms with E-state index in [1.54, 1.807) is 32.9 Å². The monoisotopic (exact) mass is 428 g/mol. The van der Waals surface area contributed by atoms with Gasteiger partial charge in [-0.05, 0) is 75.3 Å². The molecule has 0 radical (unpaired) electrons. The SMILES string of the molecule is CC(C)c1cccc(PCCCPc2cccc(C(C)C)c2C(C)C)c1C(C)C. The van der Waals surface area contributed by atoms with E-state index in [0.717, 1.165) is 17.2 Å². The third kappa shape index (κ3) is 6.64. The molecule has 0 saturated heterocycles. The molecule has 2 heteroatoms. The molecule has 0 amide bonds. The highest BCUT2D eigenvalue weighted by Crippen LogP contribution is 2.31. The molecule has 0 aromatic heterocycles. The van der Waals surface area contributed by atoms with Gasteiger partial charge >= 0.3 is 0 Å². The Hall–Kier alpha value is -0.700. The summed E-state index contributed by atoms with van der Waals surface area (Å²) in [6.45, 7) is 18.7. The minimum atomic E-state index is 0.612. The van der Waals surface area contributed by atoms with Gasteiger partial charge in [-0.3, -0.25) is 0 Å². The molecule has 0 nitrogen and oxygen atoms in total. The average molecular weight is 429 g/mol. The molecule has 0 saturated carbocycles. The molecule has 2 aromatic rings. The maximum Gasteiger partial charge on any atom is -0.0210 e. The van der Waals surface area contributed by atoms with Gasteiger partial charge in [-0.2, -0.15) is 0 Å². The highest BCUT2D eigenvalue weighted by molar-refractivity contribution is 7.48. The van der Waals surface area contributed by atoms with E-state index in [4.69, 9.17) is 0 Å². The van der Waals surface area contributed by atoms with Crippen molar-refractivity contribution >= 4 is 27.8 Å². The fourth-order valence-corrected chi connectivity index (χ4v) is 7.58. The summed E-state index contributed by atoms with van der Waals surface area (Å²) in [4.78, 5) is 0. The van der Waals surface area contributed by atoms with E-state index in [1.807, 2.05) is 0 Å². The van der Waals surface area contributed by atoms with Gasteiger partial charge in [0.05, 0.1) is 0 Å². The molecule has 0 heterocycles. The molecule has 0 N–H and O–H groups in total. The van der Waals surface area contributed by atoms with Crippen molar-refractivity contribution in [2.45, 2.75) is 85.5 Å². The summed E-state index contributed by atoms with van der Waals surface area (Å²) in [5, 5.41) is 3.22. The van der Waals surface area contributed by atoms with Crippen LogP contribution in [0.25, 0.3) is 0 Å². The number of benzene rings is 2. The standard InChI is InChI=1S/C27H42P2/c1-18(2)22-12-9-14-24(26(22)20(5)6)28-16-11-17-29-25-15-10-13-23(19(3)4)27(25)21(7)8/h9-10,12-15,18-21,28-29H,11,16-17H2,1-8H3. The van der Waals surface area contributed by atoms with Gasteiger partial charge in [-0.1, -0.05) is 109 Å². The Labute approximate surface area is 184 Å². The fourth-order valence-electron chi connectivity index (χ4n) is 4.30. The molecule has 0 aliphatic heterocycles. The molecule has 0 spiro atoms. The molecule has 2 rings (SSSR count). The van der Waals surface area contributed by atoms with Crippen LogP contribution in [0.15, 0.2) is 36.4 Å². The first kappa shape index (κ1) is 24.6. The zero-order valence-corrected chi connectivity index (χ0v) is 21.9. The van der Waals surface area contributed by atoms with Crippen LogP contribution in [0.4, 0.5) is 0 Å². The van der Waals surface area contributed by atoms with Crippen LogP contribution in [0.3, 0.4) is 0 Å². The second-order valence-corrected chi connectivity index (χ2v) is 12.2. The predicted molar refractivity (Wildman–Crippen MR) is 139 cm³/mol. The highest BCUT2D eigenvalue weighted by atomic mass is 31.1. The van der Waals surface area contributed by atoms with E-state index in [2.05, 4.69) is 91.8 Å². The van der Waals surface area contributed by atoms with Crippen molar-refractivity contribution in [3.05, 3.63) is 58.7 Å². The summed E-state index contributed by atoms with van der Waals surface area (Å²) in [7, 11) is 1.89. The van der Waals surface area contributed by atoms with Crippen molar-refractivity contribution in [2.24, 2.45) is 0 Å². The minimum Gasteiger partial charge on any atom is -0.0901 e. The second kappa shape index (κ2) is 11.6. The Balaban J connectivity index is 2.00. The maximum atomic E-state index is 2.38. The van der Waals surface area contributed by atoms with Gasteiger partial charge in [0.15, 0.2) is 0 Å². The van der Waals surface area contributed by atoms with Crippen LogP contribution in [-0.4, -0.2) is 12.3 Å². The highest BCUT2D eigenvalue weighted by Gasteiger charge is 2.15. The van der Waals surface area contributed by atoms with E-state index < -0.39 is 0 Å². The molecular formula is C27H42P2. The lowest BCUT2D eigenvalue weighted by atomic mass is 9.91. The van der Waals surface area contributed by atoms with E-state index in [-0.39, 0.29) is 0 Å². The first-order valence-corrected chi connectivity index (χ1v) is 13.9. The normalized spacial score (nSPS) is 12.8. The van der Waals surface area contributed by atoms with Crippen LogP contribution in [0, 0.1) is 0 Å². The Morgan fingerprint density at radius 3 is 1.24 bits per heavy atom. The zero-order chi connectivity index (χ0) is 21.6. The number of rotatable bonds is 10. The summed E-state index contributed by atoms with van der Waals surface area (Å²) in [6, 6.07) is 14.0. The fraction of sp³-hybridized carbons (Fsp3) is 0.556. The topological polar surface area (TPSA) is 0 Å². The first-order valence-electron chi connectivity index (χ1n) is 11.5. The molecule has 0 bridgehead atoms. The van der Waals surface area contributed by atoms with Crippen LogP contribution < -0.4 is 10.6 Å². The van der Waals surface area contributed by atoms with Crippen LogP contribution in [0.1, 0.15) is 108 Å². The lowest BCUT2D eigenvalue weighted by Gasteiger charge is -2.21. The number of hydrogen-bond acceptors (Lipinski definition) is 0. The van der Waals surface area contributed by atoms with Gasteiger partial charge in [0.1, 0.15) is 0 Å². The average Bonchev–Trinajstić information content (AvgIpc) is 2.66. The van der Waals surface area contributed by atoms with Gasteiger partial charge in [0.25, 0.3) is 0 Å². The van der Waals surface area contributed by atoms with E-state index >= 15 is 0 Å². The van der Waals surface area contributed by atoms with Crippen molar-refractivity contribution < 1.29 is 0 Å². The molecular weight excluding hydrogens is 386 g/mol. The minimum absolute atomic E-state index is 0.612. The van der Waals surface area contributed by atoms with Crippen molar-refractivity contribution in [1.82, 2.24) is 0 Å². The molecule has 0 aliphatic rings. The summed E-state index contributed by atoms with van der Waals surface area (Å²) >= 11 is 0. The first-order chi connectivity index (χ1) is 13.7. The third-order valence-electron chi connectivity index (χ3n) is 5.66. The van der Waals surface area contributed by atoms with Crippen LogP contribution in [0.5, 0.6) is 0 Å². The Morgan fingerprint density at radius 1 is 0.552 bits per heavy atom. The predicted octanol–water partition coefficient (Wildman–Crippen LogP) is 7.88. The van der Waals surface area contributed by atoms with E-state index in [1.165, 1.54) is 18.7 Å². The Kier molecular flexibility index (Phi) is 9.85. The maximum absolute atomic E-state index is 2.38. The van der Waals surface area contributed by atoms with Crippen molar-refractivity contribution in [3.8, 4) is 0 Å². The summed E-state index contributed by atoms with van der Waals surface area (Å²) < 4.78 is 0. The van der Waals surface area contributed by atoms with Gasteiger partial charge in [0, 0.05) is 0 Å². The summed E-state index contributed by atoms with van der Waals surface area (Å²) in [5.74, 6) is 2.46. The molecule has 29 heavy (non-hydrogen) atoms. The number of hydrogen-bond donors (Lipinski definition) is 0. The Morgan fingerprint density at radius 2 is 0.931 bits per heavy atom. The van der Waals surface area contributed by atoms with Crippen molar-refractivity contribution in [3.63, 3.8) is 0 Å². The van der Waals surface area contributed by atoms with Gasteiger partial charge in [-0.25, -0.2) is 0 Å². The third-order valence-corrected chi connectivity index (χ3v) is 8.50. The zero-order valence-electron chi connectivity index (χ0n) is 19.9.